The zero-order chi connectivity index (χ0) is 26.8. The first kappa shape index (κ1) is 26.7. The molecule has 2 aliphatic heterocycles. The van der Waals surface area contributed by atoms with Crippen LogP contribution in [-0.2, 0) is 33.3 Å². The number of aliphatic hydroxyl groups excluding tert-OH is 1. The van der Waals surface area contributed by atoms with E-state index in [1.807, 2.05) is 0 Å². The minimum Gasteiger partial charge on any atom is -0.465 e. The molecule has 8 nitrogen and oxygen atoms in total. The van der Waals surface area contributed by atoms with Crippen molar-refractivity contribution in [2.24, 2.45) is 39.9 Å². The summed E-state index contributed by atoms with van der Waals surface area (Å²) < 4.78 is 22.5. The summed E-state index contributed by atoms with van der Waals surface area (Å²) in [7, 11) is 0. The lowest BCUT2D eigenvalue weighted by Gasteiger charge is -2.68. The molecule has 0 radical (unpaired) electrons. The number of carbonyl (C=O) groups excluding carboxylic acids is 3. The van der Waals surface area contributed by atoms with Crippen LogP contribution < -0.4 is 0 Å². The lowest BCUT2D eigenvalue weighted by molar-refractivity contribution is -0.271. The van der Waals surface area contributed by atoms with Gasteiger partial charge >= 0.3 is 17.9 Å². The highest BCUT2D eigenvalue weighted by atomic mass is 16.7. The Morgan fingerprint density at radius 1 is 1.03 bits per heavy atom. The van der Waals surface area contributed by atoms with Crippen molar-refractivity contribution in [1.29, 1.82) is 0 Å². The number of hydrogen-bond donors (Lipinski definition) is 1. The Kier molecular flexibility index (Phi) is 6.75. The molecule has 5 aliphatic rings. The molecule has 1 N–H and O–H groups in total. The molecule has 2 heterocycles. The maximum atomic E-state index is 12.0. The van der Waals surface area contributed by atoms with Crippen LogP contribution in [0.15, 0.2) is 11.6 Å². The van der Waals surface area contributed by atoms with Crippen LogP contribution in [0.5, 0.6) is 0 Å². The number of hydrogen-bond acceptors (Lipinski definition) is 8. The fourth-order valence-corrected chi connectivity index (χ4v) is 9.57. The van der Waals surface area contributed by atoms with Gasteiger partial charge in [0.15, 0.2) is 0 Å². The van der Waals surface area contributed by atoms with Gasteiger partial charge in [-0.1, -0.05) is 27.2 Å². The molecule has 0 amide bonds. The number of aliphatic hydroxyl groups is 1. The van der Waals surface area contributed by atoms with E-state index in [-0.39, 0.29) is 34.1 Å². The van der Waals surface area contributed by atoms with Gasteiger partial charge < -0.3 is 24.1 Å². The monoisotopic (exact) mass is 518 g/mol. The first-order valence-corrected chi connectivity index (χ1v) is 13.9. The van der Waals surface area contributed by atoms with E-state index < -0.39 is 30.6 Å². The Bertz CT molecular complexity index is 990. The predicted octanol–water partition coefficient (Wildman–Crippen LogP) is 4.28. The summed E-state index contributed by atoms with van der Waals surface area (Å²) in [5.74, 6) is 0.0136. The molecule has 4 fully saturated rings. The Morgan fingerprint density at radius 2 is 1.78 bits per heavy atom. The molecule has 3 aliphatic carbocycles. The third-order valence-electron chi connectivity index (χ3n) is 11.0. The zero-order valence-electron chi connectivity index (χ0n) is 22.8. The van der Waals surface area contributed by atoms with E-state index in [1.165, 1.54) is 19.9 Å². The molecule has 10 atom stereocenters. The predicted molar refractivity (Wildman–Crippen MR) is 132 cm³/mol. The zero-order valence-corrected chi connectivity index (χ0v) is 22.8. The van der Waals surface area contributed by atoms with Gasteiger partial charge in [-0.25, -0.2) is 4.79 Å². The molecule has 8 heteroatoms. The van der Waals surface area contributed by atoms with Crippen molar-refractivity contribution in [1.82, 2.24) is 0 Å². The molecule has 3 saturated carbocycles. The van der Waals surface area contributed by atoms with Crippen LogP contribution in [0.2, 0.25) is 0 Å². The Hall–Kier alpha value is -1.93. The molecule has 206 valence electrons. The molecule has 37 heavy (non-hydrogen) atoms. The average molecular weight is 519 g/mol. The normalized spacial score (nSPS) is 47.0. The molecule has 0 aromatic heterocycles. The minimum absolute atomic E-state index is 0.0107. The van der Waals surface area contributed by atoms with Gasteiger partial charge in [0, 0.05) is 36.8 Å². The smallest absolute Gasteiger partial charge is 0.333 e. The fraction of sp³-hybridized carbons (Fsp3) is 0.828. The van der Waals surface area contributed by atoms with Gasteiger partial charge in [0.05, 0.1) is 12.7 Å². The first-order chi connectivity index (χ1) is 17.4. The standard InChI is InChI=1S/C29H42O8/c1-16(30)34-15-27(3)10-6-11-29(5)22(27)9-12-28(4)20-14-21(19-13-24(32)37-25(19)33)36-26(35-17(2)31)18(20)7-8-23(28)29/h13,18,20-23,25-26,33H,6-12,14-15H2,1-5H3/t18-,20+,21+,22-,23-,25?,26+,27?,28-,29-/m0/s1. The van der Waals surface area contributed by atoms with Gasteiger partial charge in [-0.2, -0.15) is 0 Å². The van der Waals surface area contributed by atoms with Gasteiger partial charge in [-0.3, -0.25) is 9.59 Å². The van der Waals surface area contributed by atoms with E-state index in [2.05, 4.69) is 20.8 Å². The first-order valence-electron chi connectivity index (χ1n) is 13.9. The molecule has 5 rings (SSSR count). The third kappa shape index (κ3) is 4.42. The van der Waals surface area contributed by atoms with Crippen LogP contribution in [0.1, 0.15) is 86.0 Å². The Labute approximate surface area is 219 Å². The highest BCUT2D eigenvalue weighted by molar-refractivity contribution is 5.85. The summed E-state index contributed by atoms with van der Waals surface area (Å²) in [5, 5.41) is 10.4. The third-order valence-corrected chi connectivity index (χ3v) is 11.0. The van der Waals surface area contributed by atoms with E-state index in [0.29, 0.717) is 30.4 Å². The Balaban J connectivity index is 1.47. The maximum absolute atomic E-state index is 12.0. The summed E-state index contributed by atoms with van der Waals surface area (Å²) in [6.07, 6.45) is 6.75. The van der Waals surface area contributed by atoms with Crippen molar-refractivity contribution in [3.8, 4) is 0 Å². The molecule has 0 aromatic carbocycles. The second-order valence-corrected chi connectivity index (χ2v) is 13.1. The number of esters is 3. The molecular formula is C29H42O8. The van der Waals surface area contributed by atoms with Crippen molar-refractivity contribution in [3.63, 3.8) is 0 Å². The second-order valence-electron chi connectivity index (χ2n) is 13.1. The minimum atomic E-state index is -1.33. The van der Waals surface area contributed by atoms with Crippen LogP contribution in [0.3, 0.4) is 0 Å². The van der Waals surface area contributed by atoms with Crippen LogP contribution >= 0.6 is 0 Å². The van der Waals surface area contributed by atoms with Crippen LogP contribution in [0.4, 0.5) is 0 Å². The van der Waals surface area contributed by atoms with E-state index in [0.717, 1.165) is 44.9 Å². The lowest BCUT2D eigenvalue weighted by Crippen LogP contribution is -2.63. The summed E-state index contributed by atoms with van der Waals surface area (Å²) in [6.45, 7) is 10.5. The molecule has 0 bridgehead atoms. The lowest BCUT2D eigenvalue weighted by atomic mass is 9.38. The van der Waals surface area contributed by atoms with E-state index in [9.17, 15) is 19.5 Å². The molecule has 1 saturated heterocycles. The van der Waals surface area contributed by atoms with Crippen molar-refractivity contribution < 1.29 is 38.4 Å². The fourth-order valence-electron chi connectivity index (χ4n) is 9.57. The molecular weight excluding hydrogens is 476 g/mol. The summed E-state index contributed by atoms with van der Waals surface area (Å²) in [5.41, 5.74) is 0.480. The van der Waals surface area contributed by atoms with Gasteiger partial charge in [-0.05, 0) is 73.5 Å². The summed E-state index contributed by atoms with van der Waals surface area (Å²) in [4.78, 5) is 35.6. The highest BCUT2D eigenvalue weighted by Crippen LogP contribution is 2.70. The van der Waals surface area contributed by atoms with Crippen molar-refractivity contribution in [3.05, 3.63) is 11.6 Å². The second kappa shape index (κ2) is 9.37. The summed E-state index contributed by atoms with van der Waals surface area (Å²) in [6, 6.07) is 0. The van der Waals surface area contributed by atoms with E-state index in [4.69, 9.17) is 18.9 Å². The van der Waals surface area contributed by atoms with E-state index >= 15 is 0 Å². The quantitative estimate of drug-likeness (QED) is 0.434. The van der Waals surface area contributed by atoms with E-state index in [1.54, 1.807) is 0 Å². The number of ether oxygens (including phenoxy) is 4. The van der Waals surface area contributed by atoms with Crippen molar-refractivity contribution in [2.45, 2.75) is 105 Å². The van der Waals surface area contributed by atoms with Gasteiger partial charge in [-0.15, -0.1) is 0 Å². The van der Waals surface area contributed by atoms with Gasteiger partial charge in [0.2, 0.25) is 12.6 Å². The van der Waals surface area contributed by atoms with Crippen LogP contribution in [0, 0.1) is 39.9 Å². The number of carbonyl (C=O) groups is 3. The Morgan fingerprint density at radius 3 is 2.43 bits per heavy atom. The maximum Gasteiger partial charge on any atom is 0.333 e. The van der Waals surface area contributed by atoms with Crippen LogP contribution in [-0.4, -0.2) is 48.3 Å². The molecule has 2 unspecified atom stereocenters. The van der Waals surface area contributed by atoms with Crippen LogP contribution in [0.25, 0.3) is 0 Å². The van der Waals surface area contributed by atoms with Gasteiger partial charge in [0.25, 0.3) is 0 Å². The number of rotatable bonds is 4. The summed E-state index contributed by atoms with van der Waals surface area (Å²) >= 11 is 0. The van der Waals surface area contributed by atoms with Crippen molar-refractivity contribution >= 4 is 17.9 Å². The number of cyclic esters (lactones) is 1. The largest absolute Gasteiger partial charge is 0.465 e. The van der Waals surface area contributed by atoms with Gasteiger partial charge in [0.1, 0.15) is 0 Å². The average Bonchev–Trinajstić information content (AvgIpc) is 3.15. The van der Waals surface area contributed by atoms with Crippen molar-refractivity contribution in [2.75, 3.05) is 6.61 Å². The SMILES string of the molecule is CC(=O)OCC1(C)CCC[C@]2(C)[C@H]3CC[C@@H]4[C@H](OC(C)=O)O[C@@H](C5=CC(=O)OC5O)C[C@H]4[C@]3(C)CC[C@@H]12. The highest BCUT2D eigenvalue weighted by Gasteiger charge is 2.65. The number of fused-ring (bicyclic) bond motifs is 5. The molecule has 0 spiro atoms. The topological polar surface area (TPSA) is 108 Å². The molecule has 0 aromatic rings.